The van der Waals surface area contributed by atoms with Gasteiger partial charge < -0.3 is 5.32 Å². The normalized spacial score (nSPS) is 18.5. The summed E-state index contributed by atoms with van der Waals surface area (Å²) in [6.45, 7) is 1.85. The molecule has 0 bridgehead atoms. The zero-order valence-corrected chi connectivity index (χ0v) is 10.0. The summed E-state index contributed by atoms with van der Waals surface area (Å²) >= 11 is 1.68. The number of thioether (sulfide) groups is 1. The van der Waals surface area contributed by atoms with Gasteiger partial charge in [0.05, 0.1) is 5.25 Å². The van der Waals surface area contributed by atoms with E-state index >= 15 is 0 Å². The van der Waals surface area contributed by atoms with Crippen molar-refractivity contribution in [1.29, 1.82) is 0 Å². The van der Waals surface area contributed by atoms with Gasteiger partial charge in [-0.3, -0.25) is 10.1 Å². The fraction of sp³-hybridized carbons (Fsp3) is 0.800. The summed E-state index contributed by atoms with van der Waals surface area (Å²) < 4.78 is 0. The summed E-state index contributed by atoms with van der Waals surface area (Å²) in [5.41, 5.74) is 0. The van der Waals surface area contributed by atoms with Gasteiger partial charge in [-0.15, -0.1) is 11.8 Å². The monoisotopic (exact) mass is 230 g/mol. The summed E-state index contributed by atoms with van der Waals surface area (Å²) in [7, 11) is 1.50. The van der Waals surface area contributed by atoms with Gasteiger partial charge in [0, 0.05) is 12.3 Å². The van der Waals surface area contributed by atoms with Crippen molar-refractivity contribution >= 4 is 23.7 Å². The van der Waals surface area contributed by atoms with Gasteiger partial charge in [-0.05, 0) is 19.8 Å². The first-order chi connectivity index (χ1) is 7.13. The van der Waals surface area contributed by atoms with E-state index in [-0.39, 0.29) is 11.2 Å². The molecule has 86 valence electrons. The van der Waals surface area contributed by atoms with Crippen LogP contribution < -0.4 is 10.6 Å². The summed E-state index contributed by atoms with van der Waals surface area (Å²) in [5.74, 6) is -0.203. The molecule has 0 aliphatic heterocycles. The van der Waals surface area contributed by atoms with Crippen molar-refractivity contribution in [1.82, 2.24) is 10.6 Å². The van der Waals surface area contributed by atoms with Crippen molar-refractivity contribution < 1.29 is 9.59 Å². The first-order valence-corrected chi connectivity index (χ1v) is 6.25. The molecule has 0 saturated heterocycles. The second-order valence-corrected chi connectivity index (χ2v) is 5.40. The van der Waals surface area contributed by atoms with Gasteiger partial charge in [-0.25, -0.2) is 4.79 Å². The lowest BCUT2D eigenvalue weighted by Gasteiger charge is -2.15. The smallest absolute Gasteiger partial charge is 0.321 e. The molecule has 0 spiro atoms. The van der Waals surface area contributed by atoms with Crippen LogP contribution in [0.1, 0.15) is 32.6 Å². The van der Waals surface area contributed by atoms with Crippen LogP contribution in [0.2, 0.25) is 0 Å². The molecule has 0 aromatic heterocycles. The minimum absolute atomic E-state index is 0.148. The van der Waals surface area contributed by atoms with Gasteiger partial charge in [-0.1, -0.05) is 12.8 Å². The second kappa shape index (κ2) is 6.00. The summed E-state index contributed by atoms with van der Waals surface area (Å²) in [4.78, 5) is 22.4. The lowest BCUT2D eigenvalue weighted by Crippen LogP contribution is -2.41. The number of nitrogens with one attached hydrogen (secondary N) is 2. The fourth-order valence-corrected chi connectivity index (χ4v) is 3.02. The average Bonchev–Trinajstić information content (AvgIpc) is 2.70. The Labute approximate surface area is 94.6 Å². The van der Waals surface area contributed by atoms with Gasteiger partial charge in [0.25, 0.3) is 0 Å². The minimum Gasteiger partial charge on any atom is -0.341 e. The van der Waals surface area contributed by atoms with Crippen LogP contribution in [-0.4, -0.2) is 29.5 Å². The van der Waals surface area contributed by atoms with E-state index in [4.69, 9.17) is 0 Å². The zero-order valence-electron chi connectivity index (χ0n) is 9.21. The summed E-state index contributed by atoms with van der Waals surface area (Å²) in [5, 5.41) is 5.10. The summed E-state index contributed by atoms with van der Waals surface area (Å²) in [6.07, 6.45) is 4.92. The molecule has 0 heterocycles. The van der Waals surface area contributed by atoms with Crippen molar-refractivity contribution in [2.45, 2.75) is 43.1 Å². The molecule has 1 saturated carbocycles. The van der Waals surface area contributed by atoms with Crippen molar-refractivity contribution in [3.05, 3.63) is 0 Å². The van der Waals surface area contributed by atoms with E-state index in [9.17, 15) is 9.59 Å². The standard InChI is InChI=1S/C10H18N2O2S/c1-7(9(13)12-10(14)11-2)15-8-5-3-4-6-8/h7-8H,3-6H2,1-2H3,(H2,11,12,13,14)/t7-/m0/s1. The largest absolute Gasteiger partial charge is 0.341 e. The molecule has 0 unspecified atom stereocenters. The lowest BCUT2D eigenvalue weighted by molar-refractivity contribution is -0.119. The highest BCUT2D eigenvalue weighted by molar-refractivity contribution is 8.01. The first kappa shape index (κ1) is 12.4. The second-order valence-electron chi connectivity index (χ2n) is 3.75. The highest BCUT2D eigenvalue weighted by atomic mass is 32.2. The number of carbonyl (C=O) groups is 2. The third kappa shape index (κ3) is 4.11. The molecule has 1 fully saturated rings. The Balaban J connectivity index is 2.28. The molecule has 4 nitrogen and oxygen atoms in total. The number of rotatable bonds is 3. The van der Waals surface area contributed by atoms with Crippen molar-refractivity contribution in [3.8, 4) is 0 Å². The molecule has 1 rings (SSSR count). The Bertz CT molecular complexity index is 240. The number of urea groups is 1. The number of amides is 3. The quantitative estimate of drug-likeness (QED) is 0.772. The van der Waals surface area contributed by atoms with Gasteiger partial charge >= 0.3 is 6.03 Å². The highest BCUT2D eigenvalue weighted by Gasteiger charge is 2.22. The van der Waals surface area contributed by atoms with E-state index in [1.54, 1.807) is 11.8 Å². The molecule has 0 aromatic carbocycles. The van der Waals surface area contributed by atoms with E-state index in [1.165, 1.54) is 32.7 Å². The van der Waals surface area contributed by atoms with Gasteiger partial charge in [0.2, 0.25) is 5.91 Å². The number of hydrogen-bond acceptors (Lipinski definition) is 3. The van der Waals surface area contributed by atoms with Crippen molar-refractivity contribution in [2.75, 3.05) is 7.05 Å². The molecule has 0 radical (unpaired) electrons. The topological polar surface area (TPSA) is 58.2 Å². The lowest BCUT2D eigenvalue weighted by atomic mass is 10.4. The molecule has 2 N–H and O–H groups in total. The van der Waals surface area contributed by atoms with Crippen LogP contribution in [0.5, 0.6) is 0 Å². The van der Waals surface area contributed by atoms with Gasteiger partial charge in [-0.2, -0.15) is 0 Å². The SMILES string of the molecule is CNC(=O)NC(=O)[C@H](C)SC1CCCC1. The molecule has 5 heteroatoms. The Morgan fingerprint density at radius 1 is 1.33 bits per heavy atom. The third-order valence-electron chi connectivity index (χ3n) is 2.53. The van der Waals surface area contributed by atoms with Crippen molar-refractivity contribution in [3.63, 3.8) is 0 Å². The first-order valence-electron chi connectivity index (χ1n) is 5.31. The van der Waals surface area contributed by atoms with E-state index in [0.717, 1.165) is 0 Å². The van der Waals surface area contributed by atoms with E-state index in [1.807, 2.05) is 6.92 Å². The van der Waals surface area contributed by atoms with Crippen LogP contribution in [-0.2, 0) is 4.79 Å². The van der Waals surface area contributed by atoms with Crippen LogP contribution in [0.25, 0.3) is 0 Å². The van der Waals surface area contributed by atoms with Gasteiger partial charge in [0.1, 0.15) is 0 Å². The maximum atomic E-state index is 11.5. The Morgan fingerprint density at radius 3 is 2.47 bits per heavy atom. The molecule has 1 atom stereocenters. The zero-order chi connectivity index (χ0) is 11.3. The van der Waals surface area contributed by atoms with E-state index in [2.05, 4.69) is 10.6 Å². The van der Waals surface area contributed by atoms with Gasteiger partial charge in [0.15, 0.2) is 0 Å². The predicted octanol–water partition coefficient (Wildman–Crippen LogP) is 1.51. The molecular weight excluding hydrogens is 212 g/mol. The van der Waals surface area contributed by atoms with Crippen LogP contribution in [0, 0.1) is 0 Å². The third-order valence-corrected chi connectivity index (χ3v) is 4.01. The van der Waals surface area contributed by atoms with E-state index in [0.29, 0.717) is 5.25 Å². The number of imide groups is 1. The fourth-order valence-electron chi connectivity index (χ4n) is 1.65. The van der Waals surface area contributed by atoms with E-state index < -0.39 is 6.03 Å². The molecule has 3 amide bonds. The minimum atomic E-state index is -0.432. The van der Waals surface area contributed by atoms with Crippen LogP contribution >= 0.6 is 11.8 Å². The molecule has 1 aliphatic rings. The molecular formula is C10H18N2O2S. The molecule has 15 heavy (non-hydrogen) atoms. The molecule has 0 aromatic rings. The average molecular weight is 230 g/mol. The number of hydrogen-bond donors (Lipinski definition) is 2. The van der Waals surface area contributed by atoms with Crippen LogP contribution in [0.4, 0.5) is 4.79 Å². The maximum absolute atomic E-state index is 11.5. The predicted molar refractivity (Wildman–Crippen MR) is 61.9 cm³/mol. The maximum Gasteiger partial charge on any atom is 0.321 e. The Morgan fingerprint density at radius 2 is 1.93 bits per heavy atom. The Kier molecular flexibility index (Phi) is 4.94. The Hall–Kier alpha value is -0.710. The van der Waals surface area contributed by atoms with Crippen molar-refractivity contribution in [2.24, 2.45) is 0 Å². The van der Waals surface area contributed by atoms with Crippen LogP contribution in [0.15, 0.2) is 0 Å². The summed E-state index contributed by atoms with van der Waals surface area (Å²) in [6, 6.07) is -0.432. The molecule has 1 aliphatic carbocycles. The number of carbonyl (C=O) groups excluding carboxylic acids is 2. The highest BCUT2D eigenvalue weighted by Crippen LogP contribution is 2.32. The van der Waals surface area contributed by atoms with Crippen LogP contribution in [0.3, 0.4) is 0 Å².